The highest BCUT2D eigenvalue weighted by molar-refractivity contribution is 9.10. The Labute approximate surface area is 106 Å². The Balaban J connectivity index is 2.40. The lowest BCUT2D eigenvalue weighted by atomic mass is 9.96. The van der Waals surface area contributed by atoms with Crippen molar-refractivity contribution >= 4 is 27.2 Å². The molecule has 0 bridgehead atoms. The first-order valence-electron chi connectivity index (χ1n) is 5.01. The summed E-state index contributed by atoms with van der Waals surface area (Å²) in [7, 11) is 0. The van der Waals surface area contributed by atoms with Gasteiger partial charge in [-0.3, -0.25) is 0 Å². The zero-order valence-corrected chi connectivity index (χ0v) is 10.5. The van der Waals surface area contributed by atoms with Crippen molar-refractivity contribution in [1.29, 1.82) is 0 Å². The molecule has 0 heterocycles. The SMILES string of the molecule is Nc1cc(F)c(C2=CCC(N)(Br)C=C2)cc1F. The van der Waals surface area contributed by atoms with Crippen LogP contribution in [0.15, 0.2) is 30.4 Å². The average Bonchev–Trinajstić information content (AvgIpc) is 2.24. The molecular formula is C12H11BrF2N2. The van der Waals surface area contributed by atoms with Gasteiger partial charge in [-0.15, -0.1) is 0 Å². The lowest BCUT2D eigenvalue weighted by Gasteiger charge is -2.21. The van der Waals surface area contributed by atoms with E-state index in [2.05, 4.69) is 15.9 Å². The number of anilines is 1. The molecule has 0 aromatic heterocycles. The summed E-state index contributed by atoms with van der Waals surface area (Å²) in [6.07, 6.45) is 5.62. The van der Waals surface area contributed by atoms with Crippen molar-refractivity contribution in [3.63, 3.8) is 0 Å². The quantitative estimate of drug-likeness (QED) is 0.476. The van der Waals surface area contributed by atoms with Gasteiger partial charge in [0, 0.05) is 11.6 Å². The number of hydrogen-bond acceptors (Lipinski definition) is 2. The second-order valence-electron chi connectivity index (χ2n) is 3.98. The standard InChI is InChI=1S/C12H11BrF2N2/c13-12(17)3-1-7(2-4-12)8-5-10(15)11(16)6-9(8)14/h1-3,5-6H,4,16-17H2. The summed E-state index contributed by atoms with van der Waals surface area (Å²) in [4.78, 5) is 0. The Morgan fingerprint density at radius 2 is 1.94 bits per heavy atom. The molecule has 1 aliphatic rings. The van der Waals surface area contributed by atoms with Gasteiger partial charge in [0.25, 0.3) is 0 Å². The van der Waals surface area contributed by atoms with Gasteiger partial charge in [-0.25, -0.2) is 8.78 Å². The molecule has 2 rings (SSSR count). The van der Waals surface area contributed by atoms with Crippen LogP contribution in [0.25, 0.3) is 5.57 Å². The van der Waals surface area contributed by atoms with Gasteiger partial charge in [0.1, 0.15) is 11.6 Å². The van der Waals surface area contributed by atoms with Crippen molar-refractivity contribution < 1.29 is 8.78 Å². The van der Waals surface area contributed by atoms with Gasteiger partial charge in [0.15, 0.2) is 0 Å². The lowest BCUT2D eigenvalue weighted by molar-refractivity contribution is 0.601. The van der Waals surface area contributed by atoms with Gasteiger partial charge in [-0.1, -0.05) is 34.2 Å². The molecule has 1 aliphatic carbocycles. The molecule has 2 nitrogen and oxygen atoms in total. The van der Waals surface area contributed by atoms with Crippen LogP contribution in [-0.2, 0) is 0 Å². The smallest absolute Gasteiger partial charge is 0.146 e. The Kier molecular flexibility index (Phi) is 3.05. The molecule has 90 valence electrons. The van der Waals surface area contributed by atoms with E-state index < -0.39 is 16.1 Å². The van der Waals surface area contributed by atoms with Crippen molar-refractivity contribution in [2.75, 3.05) is 5.73 Å². The van der Waals surface area contributed by atoms with Gasteiger partial charge in [0.2, 0.25) is 0 Å². The second kappa shape index (κ2) is 4.23. The van der Waals surface area contributed by atoms with E-state index in [-0.39, 0.29) is 11.3 Å². The molecule has 1 aromatic carbocycles. The van der Waals surface area contributed by atoms with Crippen molar-refractivity contribution in [2.24, 2.45) is 5.73 Å². The summed E-state index contributed by atoms with van der Waals surface area (Å²) in [5.74, 6) is -1.17. The highest BCUT2D eigenvalue weighted by Crippen LogP contribution is 2.31. The Morgan fingerprint density at radius 1 is 1.24 bits per heavy atom. The number of nitrogen functional groups attached to an aromatic ring is 1. The molecule has 0 spiro atoms. The second-order valence-corrected chi connectivity index (χ2v) is 5.45. The van der Waals surface area contributed by atoms with Crippen molar-refractivity contribution in [3.05, 3.63) is 47.6 Å². The number of rotatable bonds is 1. The predicted octanol–water partition coefficient (Wildman–Crippen LogP) is 2.94. The maximum atomic E-state index is 13.6. The number of benzene rings is 1. The molecule has 1 aromatic rings. The molecule has 0 radical (unpaired) electrons. The Hall–Kier alpha value is -1.20. The molecular weight excluding hydrogens is 290 g/mol. The minimum atomic E-state index is -0.626. The molecule has 5 heteroatoms. The van der Waals surface area contributed by atoms with Gasteiger partial charge in [0.05, 0.1) is 10.1 Å². The van der Waals surface area contributed by atoms with Crippen LogP contribution in [0.4, 0.5) is 14.5 Å². The van der Waals surface area contributed by atoms with E-state index in [0.29, 0.717) is 12.0 Å². The number of allylic oxidation sites excluding steroid dienone is 2. The Bertz CT molecular complexity index is 521. The van der Waals surface area contributed by atoms with E-state index in [9.17, 15) is 8.78 Å². The maximum absolute atomic E-state index is 13.6. The molecule has 0 fully saturated rings. The van der Waals surface area contributed by atoms with Crippen LogP contribution in [0.1, 0.15) is 12.0 Å². The maximum Gasteiger partial charge on any atom is 0.146 e. The zero-order chi connectivity index (χ0) is 12.6. The van der Waals surface area contributed by atoms with Crippen molar-refractivity contribution in [3.8, 4) is 0 Å². The molecule has 1 atom stereocenters. The van der Waals surface area contributed by atoms with Crippen LogP contribution in [-0.4, -0.2) is 4.45 Å². The number of halogens is 3. The van der Waals surface area contributed by atoms with Crippen molar-refractivity contribution in [1.82, 2.24) is 0 Å². The minimum absolute atomic E-state index is 0.191. The summed E-state index contributed by atoms with van der Waals surface area (Å²) < 4.78 is 26.3. The van der Waals surface area contributed by atoms with Gasteiger partial charge in [-0.2, -0.15) is 0 Å². The van der Waals surface area contributed by atoms with Crippen LogP contribution in [0.2, 0.25) is 0 Å². The van der Waals surface area contributed by atoms with E-state index in [1.807, 2.05) is 0 Å². The molecule has 0 amide bonds. The van der Waals surface area contributed by atoms with Crippen LogP contribution in [0.3, 0.4) is 0 Å². The Morgan fingerprint density at radius 3 is 2.53 bits per heavy atom. The van der Waals surface area contributed by atoms with Crippen LogP contribution >= 0.6 is 15.9 Å². The van der Waals surface area contributed by atoms with E-state index in [1.165, 1.54) is 0 Å². The summed E-state index contributed by atoms with van der Waals surface area (Å²) in [6, 6.07) is 2.08. The van der Waals surface area contributed by atoms with Gasteiger partial charge >= 0.3 is 0 Å². The molecule has 0 aliphatic heterocycles. The monoisotopic (exact) mass is 300 g/mol. The largest absolute Gasteiger partial charge is 0.396 e. The molecule has 17 heavy (non-hydrogen) atoms. The van der Waals surface area contributed by atoms with Crippen LogP contribution < -0.4 is 11.5 Å². The fourth-order valence-corrected chi connectivity index (χ4v) is 1.91. The van der Waals surface area contributed by atoms with E-state index >= 15 is 0 Å². The van der Waals surface area contributed by atoms with Gasteiger partial charge < -0.3 is 11.5 Å². The fourth-order valence-electron chi connectivity index (χ4n) is 1.61. The fraction of sp³-hybridized carbons (Fsp3) is 0.167. The van der Waals surface area contributed by atoms with Crippen LogP contribution in [0, 0.1) is 11.6 Å². The third-order valence-corrected chi connectivity index (χ3v) is 3.16. The molecule has 0 saturated carbocycles. The minimum Gasteiger partial charge on any atom is -0.396 e. The summed E-state index contributed by atoms with van der Waals surface area (Å²) >= 11 is 3.30. The third-order valence-electron chi connectivity index (χ3n) is 2.57. The molecule has 1 unspecified atom stereocenters. The first-order chi connectivity index (χ1) is 7.89. The first kappa shape index (κ1) is 12.3. The van der Waals surface area contributed by atoms with Gasteiger partial charge in [-0.05, 0) is 18.1 Å². The van der Waals surface area contributed by atoms with Crippen LogP contribution in [0.5, 0.6) is 0 Å². The van der Waals surface area contributed by atoms with E-state index in [0.717, 1.165) is 12.1 Å². The highest BCUT2D eigenvalue weighted by atomic mass is 79.9. The zero-order valence-electron chi connectivity index (χ0n) is 8.88. The van der Waals surface area contributed by atoms with E-state index in [4.69, 9.17) is 11.5 Å². The highest BCUT2D eigenvalue weighted by Gasteiger charge is 2.20. The number of alkyl halides is 1. The third kappa shape index (κ3) is 2.56. The lowest BCUT2D eigenvalue weighted by Crippen LogP contribution is -2.30. The molecule has 4 N–H and O–H groups in total. The summed E-state index contributed by atoms with van der Waals surface area (Å²) in [6.45, 7) is 0. The topological polar surface area (TPSA) is 52.0 Å². The normalized spacial score (nSPS) is 23.6. The average molecular weight is 301 g/mol. The first-order valence-corrected chi connectivity index (χ1v) is 5.80. The summed E-state index contributed by atoms with van der Waals surface area (Å²) in [5, 5.41) is 0. The number of nitrogens with two attached hydrogens (primary N) is 2. The predicted molar refractivity (Wildman–Crippen MR) is 68.3 cm³/mol. The summed E-state index contributed by atoms with van der Waals surface area (Å²) in [5.41, 5.74) is 11.7. The van der Waals surface area contributed by atoms with E-state index in [1.54, 1.807) is 18.2 Å². The molecule has 0 saturated heterocycles. The number of hydrogen-bond donors (Lipinski definition) is 2. The van der Waals surface area contributed by atoms with Crippen molar-refractivity contribution in [2.45, 2.75) is 10.9 Å².